The van der Waals surface area contributed by atoms with Crippen LogP contribution in [0.15, 0.2) is 59.0 Å². The summed E-state index contributed by atoms with van der Waals surface area (Å²) in [6, 6.07) is 14.5. The van der Waals surface area contributed by atoms with Crippen LogP contribution in [0.4, 0.5) is 5.69 Å². The normalized spacial score (nSPS) is 13.5. The monoisotopic (exact) mass is 572 g/mol. The van der Waals surface area contributed by atoms with E-state index in [1.807, 2.05) is 6.07 Å². The van der Waals surface area contributed by atoms with Crippen molar-refractivity contribution in [1.82, 2.24) is 5.32 Å². The molecule has 1 aliphatic rings. The summed E-state index contributed by atoms with van der Waals surface area (Å²) < 4.78 is 34.9. The van der Waals surface area contributed by atoms with Gasteiger partial charge in [-0.15, -0.1) is 0 Å². The van der Waals surface area contributed by atoms with Crippen LogP contribution in [0, 0.1) is 0 Å². The lowest BCUT2D eigenvalue weighted by molar-refractivity contribution is 0.0964. The average molecular weight is 573 g/mol. The molecule has 1 amide bonds. The molecule has 0 unspecified atom stereocenters. The van der Waals surface area contributed by atoms with Gasteiger partial charge in [0.15, 0.2) is 0 Å². The number of furan rings is 1. The zero-order valence-corrected chi connectivity index (χ0v) is 22.5. The van der Waals surface area contributed by atoms with E-state index >= 15 is 0 Å². The van der Waals surface area contributed by atoms with Gasteiger partial charge in [-0.1, -0.05) is 29.3 Å². The highest BCUT2D eigenvalue weighted by Crippen LogP contribution is 2.45. The molecule has 0 bridgehead atoms. The first-order valence-corrected chi connectivity index (χ1v) is 14.2. The number of amides is 1. The smallest absolute Gasteiger partial charge is 0.455 e. The Morgan fingerprint density at radius 1 is 1.08 bits per heavy atom. The maximum atomic E-state index is 13.2. The molecule has 0 spiro atoms. The summed E-state index contributed by atoms with van der Waals surface area (Å²) in [4.78, 5) is 12.9. The third-order valence-electron chi connectivity index (χ3n) is 6.43. The van der Waals surface area contributed by atoms with Crippen molar-refractivity contribution in [2.45, 2.75) is 24.5 Å². The van der Waals surface area contributed by atoms with Crippen LogP contribution in [0.5, 0.6) is 0 Å². The number of rotatable bonds is 8. The first kappa shape index (κ1) is 26.6. The van der Waals surface area contributed by atoms with Crippen molar-refractivity contribution < 1.29 is 27.7 Å². The van der Waals surface area contributed by atoms with Crippen LogP contribution in [-0.4, -0.2) is 38.5 Å². The predicted molar refractivity (Wildman–Crippen MR) is 150 cm³/mol. The molecule has 4 N–H and O–H groups in total. The molecule has 5 rings (SSSR count). The highest BCUT2D eigenvalue weighted by atomic mass is 35.5. The van der Waals surface area contributed by atoms with Gasteiger partial charge in [0.1, 0.15) is 11.3 Å². The van der Waals surface area contributed by atoms with Gasteiger partial charge in [-0.25, -0.2) is 8.42 Å². The van der Waals surface area contributed by atoms with Crippen molar-refractivity contribution >= 4 is 68.4 Å². The van der Waals surface area contributed by atoms with Crippen molar-refractivity contribution in [2.75, 3.05) is 11.8 Å². The zero-order valence-electron chi connectivity index (χ0n) is 20.2. The molecule has 1 aromatic heterocycles. The Balaban J connectivity index is 1.55. The highest BCUT2D eigenvalue weighted by molar-refractivity contribution is 7.91. The quantitative estimate of drug-likeness (QED) is 0.233. The Morgan fingerprint density at radius 3 is 2.39 bits per heavy atom. The number of benzene rings is 3. The van der Waals surface area contributed by atoms with E-state index in [9.17, 15) is 23.3 Å². The van der Waals surface area contributed by atoms with Gasteiger partial charge in [-0.3, -0.25) is 9.52 Å². The second-order valence-electron chi connectivity index (χ2n) is 9.18. The second kappa shape index (κ2) is 10.3. The molecule has 196 valence electrons. The summed E-state index contributed by atoms with van der Waals surface area (Å²) in [6.07, 6.45) is 1.84. The summed E-state index contributed by atoms with van der Waals surface area (Å²) in [6.45, 7) is 0. The first-order chi connectivity index (χ1) is 18.1. The van der Waals surface area contributed by atoms with Crippen LogP contribution in [0.2, 0.25) is 10.0 Å². The zero-order chi connectivity index (χ0) is 27.2. The number of anilines is 1. The topological polar surface area (TPSA) is 129 Å². The fourth-order valence-corrected chi connectivity index (χ4v) is 6.10. The molecule has 3 aromatic carbocycles. The van der Waals surface area contributed by atoms with Crippen LogP contribution in [0.1, 0.15) is 40.2 Å². The SMILES string of the molecule is CNC(=O)c1c(-c2ccc(Cl)cc2)oc2cc(CS(=O)(=O)Nc3ccc(B(O)O)c(Cl)c3)c(C3CC3)cc12. The van der Waals surface area contributed by atoms with Gasteiger partial charge in [0.25, 0.3) is 5.91 Å². The van der Waals surface area contributed by atoms with E-state index in [-0.39, 0.29) is 33.8 Å². The Bertz CT molecular complexity index is 1650. The maximum Gasteiger partial charge on any atom is 0.489 e. The molecule has 0 saturated heterocycles. The largest absolute Gasteiger partial charge is 0.489 e. The van der Waals surface area contributed by atoms with E-state index in [1.54, 1.807) is 37.4 Å². The third-order valence-corrected chi connectivity index (χ3v) is 8.24. The molecule has 0 aliphatic heterocycles. The maximum absolute atomic E-state index is 13.2. The van der Waals surface area contributed by atoms with E-state index in [0.717, 1.165) is 18.4 Å². The summed E-state index contributed by atoms with van der Waals surface area (Å²) in [5.41, 5.74) is 3.12. The molecule has 1 saturated carbocycles. The van der Waals surface area contributed by atoms with Crippen molar-refractivity contribution in [3.05, 3.63) is 81.3 Å². The van der Waals surface area contributed by atoms with Gasteiger partial charge >= 0.3 is 7.12 Å². The molecule has 38 heavy (non-hydrogen) atoms. The Hall–Kier alpha value is -3.02. The van der Waals surface area contributed by atoms with Crippen molar-refractivity contribution in [3.8, 4) is 11.3 Å². The van der Waals surface area contributed by atoms with Crippen molar-refractivity contribution in [2.24, 2.45) is 0 Å². The van der Waals surface area contributed by atoms with Gasteiger partial charge < -0.3 is 19.8 Å². The molecule has 1 fully saturated rings. The molecule has 1 aliphatic carbocycles. The number of sulfonamides is 1. The van der Waals surface area contributed by atoms with E-state index in [2.05, 4.69) is 10.0 Å². The number of halogens is 2. The Kier molecular flexibility index (Phi) is 7.19. The molecular formula is C26H23BCl2N2O6S. The number of fused-ring (bicyclic) bond motifs is 1. The van der Waals surface area contributed by atoms with Crippen molar-refractivity contribution in [1.29, 1.82) is 0 Å². The summed E-state index contributed by atoms with van der Waals surface area (Å²) >= 11 is 12.1. The van der Waals surface area contributed by atoms with Crippen molar-refractivity contribution in [3.63, 3.8) is 0 Å². The van der Waals surface area contributed by atoms with Crippen LogP contribution in [0.25, 0.3) is 22.3 Å². The third kappa shape index (κ3) is 5.41. The number of hydrogen-bond donors (Lipinski definition) is 4. The molecule has 0 radical (unpaired) electrons. The Labute approximate surface area is 229 Å². The average Bonchev–Trinajstić information content (AvgIpc) is 3.63. The minimum absolute atomic E-state index is 0.0207. The molecule has 12 heteroatoms. The van der Waals surface area contributed by atoms with Crippen LogP contribution >= 0.6 is 23.2 Å². The van der Waals surface area contributed by atoms with Gasteiger partial charge in [0, 0.05) is 39.2 Å². The highest BCUT2D eigenvalue weighted by Gasteiger charge is 2.31. The molecule has 8 nitrogen and oxygen atoms in total. The summed E-state index contributed by atoms with van der Waals surface area (Å²) in [5, 5.41) is 22.5. The lowest BCUT2D eigenvalue weighted by Crippen LogP contribution is -2.30. The van der Waals surface area contributed by atoms with Crippen LogP contribution in [-0.2, 0) is 15.8 Å². The number of carbonyl (C=O) groups is 1. The van der Waals surface area contributed by atoms with Gasteiger partial charge in [-0.2, -0.15) is 0 Å². The molecule has 4 aromatic rings. The molecule has 1 heterocycles. The van der Waals surface area contributed by atoms with E-state index in [1.165, 1.54) is 18.2 Å². The lowest BCUT2D eigenvalue weighted by Gasteiger charge is -2.13. The molecule has 0 atom stereocenters. The Morgan fingerprint density at radius 2 is 1.79 bits per heavy atom. The molecular weight excluding hydrogens is 550 g/mol. The minimum Gasteiger partial charge on any atom is -0.455 e. The number of carbonyl (C=O) groups excluding carboxylic acids is 1. The predicted octanol–water partition coefficient (Wildman–Crippen LogP) is 4.27. The standard InChI is InChI=1S/C26H23BCl2N2O6S/c1-30-26(32)24-20-12-19(14-2-3-14)16(10-23(20)37-25(24)15-4-6-17(28)7-5-15)13-38(35,36)31-18-8-9-21(27(33)34)22(29)11-18/h4-12,14,31,33-34H,2-3,13H2,1H3,(H,30,32). The van der Waals surface area contributed by atoms with Gasteiger partial charge in [0.05, 0.1) is 11.3 Å². The number of nitrogens with one attached hydrogen (secondary N) is 2. The van der Waals surface area contributed by atoms with E-state index in [0.29, 0.717) is 38.4 Å². The fourth-order valence-electron chi connectivity index (χ4n) is 4.48. The lowest BCUT2D eigenvalue weighted by atomic mass is 9.80. The van der Waals surface area contributed by atoms with Crippen LogP contribution in [0.3, 0.4) is 0 Å². The van der Waals surface area contributed by atoms with Gasteiger partial charge in [0.2, 0.25) is 10.0 Å². The van der Waals surface area contributed by atoms with Crippen LogP contribution < -0.4 is 15.5 Å². The fraction of sp³-hybridized carbons (Fsp3) is 0.192. The minimum atomic E-state index is -3.88. The second-order valence-corrected chi connectivity index (χ2v) is 11.8. The number of hydrogen-bond acceptors (Lipinski definition) is 6. The van der Waals surface area contributed by atoms with E-state index < -0.39 is 17.1 Å². The first-order valence-electron chi connectivity index (χ1n) is 11.8. The summed E-state index contributed by atoms with van der Waals surface area (Å²) in [5.74, 6) is -0.0819. The van der Waals surface area contributed by atoms with E-state index in [4.69, 9.17) is 27.6 Å². The van der Waals surface area contributed by atoms with Gasteiger partial charge in [-0.05, 0) is 78.4 Å². The summed E-state index contributed by atoms with van der Waals surface area (Å²) in [7, 11) is -4.11.